The summed E-state index contributed by atoms with van der Waals surface area (Å²) >= 11 is 0. The molecule has 122 valence electrons. The quantitative estimate of drug-likeness (QED) is 0.407. The number of ether oxygens (including phenoxy) is 1. The van der Waals surface area contributed by atoms with Gasteiger partial charge in [-0.2, -0.15) is 13.2 Å². The molecule has 0 aliphatic carbocycles. The number of hydrogen-bond acceptors (Lipinski definition) is 4. The highest BCUT2D eigenvalue weighted by Gasteiger charge is 2.62. The van der Waals surface area contributed by atoms with Crippen LogP contribution in [0.25, 0.3) is 0 Å². The Morgan fingerprint density at radius 1 is 1.33 bits per heavy atom. The van der Waals surface area contributed by atoms with Gasteiger partial charge in [-0.3, -0.25) is 10.1 Å². The third-order valence-corrected chi connectivity index (χ3v) is 2.44. The van der Waals surface area contributed by atoms with Crippen molar-refractivity contribution in [1.29, 1.82) is 0 Å². The van der Waals surface area contributed by atoms with Gasteiger partial charge in [0.1, 0.15) is 0 Å². The van der Waals surface area contributed by atoms with Crippen LogP contribution in [0.5, 0.6) is 0 Å². The minimum Gasteiger partial charge on any atom is -0.463 e. The number of rotatable bonds is 8. The largest absolute Gasteiger partial charge is 0.463 e. The van der Waals surface area contributed by atoms with Crippen molar-refractivity contribution in [2.45, 2.75) is 39.0 Å². The van der Waals surface area contributed by atoms with E-state index in [1.165, 1.54) is 6.92 Å². The van der Waals surface area contributed by atoms with Gasteiger partial charge in [-0.1, -0.05) is 19.9 Å². The first-order valence-electron chi connectivity index (χ1n) is 6.51. The van der Waals surface area contributed by atoms with Gasteiger partial charge in [0.2, 0.25) is 5.91 Å². The van der Waals surface area contributed by atoms with Crippen molar-refractivity contribution in [2.24, 2.45) is 5.92 Å². The lowest BCUT2D eigenvalue weighted by molar-refractivity contribution is -0.221. The van der Waals surface area contributed by atoms with Gasteiger partial charge in [0.25, 0.3) is 5.66 Å². The van der Waals surface area contributed by atoms with Crippen LogP contribution in [0.3, 0.4) is 0 Å². The lowest BCUT2D eigenvalue weighted by Gasteiger charge is -2.34. The molecule has 0 saturated carbocycles. The number of nitrogens with one attached hydrogen (secondary N) is 2. The number of carbonyl (C=O) groups excluding carboxylic acids is 2. The Kier molecular flexibility index (Phi) is 7.42. The number of hydrogen-bond donors (Lipinski definition) is 2. The maximum absolute atomic E-state index is 13.4. The fourth-order valence-electron chi connectivity index (χ4n) is 1.55. The molecule has 0 radical (unpaired) electrons. The Morgan fingerprint density at radius 3 is 2.29 bits per heavy atom. The van der Waals surface area contributed by atoms with Crippen molar-refractivity contribution in [3.05, 3.63) is 12.7 Å². The third kappa shape index (κ3) is 5.37. The highest BCUT2D eigenvalue weighted by atomic mass is 19.4. The van der Waals surface area contributed by atoms with E-state index >= 15 is 0 Å². The molecule has 0 rings (SSSR count). The van der Waals surface area contributed by atoms with Crippen molar-refractivity contribution in [3.63, 3.8) is 0 Å². The molecule has 5 nitrogen and oxygen atoms in total. The molecule has 0 spiro atoms. The maximum atomic E-state index is 13.4. The summed E-state index contributed by atoms with van der Waals surface area (Å²) in [4.78, 5) is 23.5. The summed E-state index contributed by atoms with van der Waals surface area (Å²) < 4.78 is 44.5. The monoisotopic (exact) mass is 310 g/mol. The van der Waals surface area contributed by atoms with E-state index in [1.807, 2.05) is 5.32 Å². The van der Waals surface area contributed by atoms with Crippen LogP contribution < -0.4 is 10.6 Å². The van der Waals surface area contributed by atoms with Gasteiger partial charge in [-0.15, -0.1) is 6.58 Å². The second-order valence-corrected chi connectivity index (χ2v) is 4.78. The summed E-state index contributed by atoms with van der Waals surface area (Å²) in [5.74, 6) is -2.65. The van der Waals surface area contributed by atoms with Gasteiger partial charge in [0.15, 0.2) is 0 Å². The molecule has 0 aromatic heterocycles. The lowest BCUT2D eigenvalue weighted by Crippen LogP contribution is -2.72. The highest BCUT2D eigenvalue weighted by molar-refractivity contribution is 5.88. The predicted molar refractivity (Wildman–Crippen MR) is 71.2 cm³/mol. The van der Waals surface area contributed by atoms with E-state index in [0.29, 0.717) is 0 Å². The molecule has 0 aromatic carbocycles. The minimum absolute atomic E-state index is 0.146. The van der Waals surface area contributed by atoms with E-state index in [2.05, 4.69) is 11.3 Å². The topological polar surface area (TPSA) is 67.4 Å². The molecule has 0 heterocycles. The van der Waals surface area contributed by atoms with Crippen LogP contribution in [0, 0.1) is 5.92 Å². The van der Waals surface area contributed by atoms with Crippen LogP contribution in [0.1, 0.15) is 27.2 Å². The van der Waals surface area contributed by atoms with Crippen LogP contribution in [0.15, 0.2) is 12.7 Å². The number of alkyl halides is 3. The first-order chi connectivity index (χ1) is 9.60. The molecule has 0 aromatic rings. The fraction of sp³-hybridized carbons (Fsp3) is 0.692. The molecule has 0 saturated heterocycles. The van der Waals surface area contributed by atoms with Crippen LogP contribution in [0.2, 0.25) is 0 Å². The van der Waals surface area contributed by atoms with Crippen LogP contribution in [0.4, 0.5) is 13.2 Å². The molecule has 0 bridgehead atoms. The van der Waals surface area contributed by atoms with Gasteiger partial charge in [-0.05, 0) is 12.8 Å². The smallest absolute Gasteiger partial charge is 0.436 e. The Labute approximate surface area is 121 Å². The normalized spacial score (nSPS) is 14.4. The van der Waals surface area contributed by atoms with Crippen molar-refractivity contribution in [2.75, 3.05) is 13.2 Å². The Bertz CT molecular complexity index is 383. The maximum Gasteiger partial charge on any atom is 0.436 e. The average molecular weight is 310 g/mol. The minimum atomic E-state index is -5.06. The molecule has 2 N–H and O–H groups in total. The molecule has 0 aliphatic rings. The molecular weight excluding hydrogens is 289 g/mol. The van der Waals surface area contributed by atoms with Crippen LogP contribution >= 0.6 is 0 Å². The van der Waals surface area contributed by atoms with E-state index in [-0.39, 0.29) is 25.5 Å². The van der Waals surface area contributed by atoms with Crippen LogP contribution in [-0.4, -0.2) is 36.9 Å². The Hall–Kier alpha value is -1.57. The van der Waals surface area contributed by atoms with E-state index in [0.717, 1.165) is 6.08 Å². The van der Waals surface area contributed by atoms with E-state index in [4.69, 9.17) is 0 Å². The second kappa shape index (κ2) is 8.02. The highest BCUT2D eigenvalue weighted by Crippen LogP contribution is 2.30. The molecule has 1 atom stereocenters. The SMILES string of the molecule is C=CCN[C@@](NC(=O)CC(C)C)(C(=O)OCC)C(F)(F)F. The van der Waals surface area contributed by atoms with E-state index in [9.17, 15) is 22.8 Å². The third-order valence-electron chi connectivity index (χ3n) is 2.44. The van der Waals surface area contributed by atoms with Crippen molar-refractivity contribution < 1.29 is 27.5 Å². The molecule has 8 heteroatoms. The van der Waals surface area contributed by atoms with E-state index in [1.54, 1.807) is 19.2 Å². The summed E-state index contributed by atoms with van der Waals surface area (Å²) in [5.41, 5.74) is -3.27. The zero-order valence-electron chi connectivity index (χ0n) is 12.3. The zero-order chi connectivity index (χ0) is 16.7. The summed E-state index contributed by atoms with van der Waals surface area (Å²) in [5, 5.41) is 3.69. The number of halogens is 3. The van der Waals surface area contributed by atoms with Crippen molar-refractivity contribution in [3.8, 4) is 0 Å². The Morgan fingerprint density at radius 2 is 1.90 bits per heavy atom. The molecule has 0 aliphatic heterocycles. The number of carbonyl (C=O) groups is 2. The summed E-state index contributed by atoms with van der Waals surface area (Å²) in [6.07, 6.45) is -4.06. The van der Waals surface area contributed by atoms with Gasteiger partial charge < -0.3 is 10.1 Å². The fourth-order valence-corrected chi connectivity index (χ4v) is 1.55. The zero-order valence-corrected chi connectivity index (χ0v) is 12.3. The summed E-state index contributed by atoms with van der Waals surface area (Å²) in [6.45, 7) is 7.44. The van der Waals surface area contributed by atoms with Gasteiger partial charge in [-0.25, -0.2) is 4.79 Å². The Balaban J connectivity index is 5.50. The molecule has 0 fully saturated rings. The average Bonchev–Trinajstić information content (AvgIpc) is 2.32. The number of amides is 1. The first kappa shape index (κ1) is 19.4. The first-order valence-corrected chi connectivity index (χ1v) is 6.51. The summed E-state index contributed by atoms with van der Waals surface area (Å²) in [6, 6.07) is 0. The number of esters is 1. The van der Waals surface area contributed by atoms with Crippen LogP contribution in [-0.2, 0) is 14.3 Å². The second-order valence-electron chi connectivity index (χ2n) is 4.78. The molecule has 21 heavy (non-hydrogen) atoms. The van der Waals surface area contributed by atoms with E-state index < -0.39 is 23.7 Å². The van der Waals surface area contributed by atoms with Gasteiger partial charge in [0.05, 0.1) is 6.61 Å². The lowest BCUT2D eigenvalue weighted by atomic mass is 10.1. The van der Waals surface area contributed by atoms with Gasteiger partial charge in [0, 0.05) is 13.0 Å². The van der Waals surface area contributed by atoms with Crippen molar-refractivity contribution >= 4 is 11.9 Å². The van der Waals surface area contributed by atoms with Gasteiger partial charge >= 0.3 is 12.1 Å². The standard InChI is InChI=1S/C13H21F3N2O3/c1-5-7-17-12(13(14,15)16,11(20)21-6-2)18-10(19)8-9(3)4/h5,9,17H,1,6-8H2,2-4H3,(H,18,19)/t12-/m1/s1. The summed E-state index contributed by atoms with van der Waals surface area (Å²) in [7, 11) is 0. The molecule has 0 unspecified atom stereocenters. The van der Waals surface area contributed by atoms with Crippen molar-refractivity contribution in [1.82, 2.24) is 10.6 Å². The predicted octanol–water partition coefficient (Wildman–Crippen LogP) is 1.75. The molecular formula is C13H21F3N2O3. The molecule has 1 amide bonds.